The molecule has 1 amide bonds. The molecule has 28 heavy (non-hydrogen) atoms. The predicted molar refractivity (Wildman–Crippen MR) is 103 cm³/mol. The molecule has 3 heterocycles. The highest BCUT2D eigenvalue weighted by atomic mass is 16.5. The second-order valence-electron chi connectivity index (χ2n) is 6.35. The van der Waals surface area contributed by atoms with Crippen LogP contribution in [0.3, 0.4) is 0 Å². The highest BCUT2D eigenvalue weighted by molar-refractivity contribution is 5.98. The summed E-state index contributed by atoms with van der Waals surface area (Å²) in [6.45, 7) is 1.84. The van der Waals surface area contributed by atoms with Crippen molar-refractivity contribution in [2.45, 2.75) is 0 Å². The highest BCUT2D eigenvalue weighted by Crippen LogP contribution is 2.17. The molecule has 0 saturated carbocycles. The van der Waals surface area contributed by atoms with Crippen molar-refractivity contribution >= 4 is 11.6 Å². The lowest BCUT2D eigenvalue weighted by molar-refractivity contribution is -0.596. The van der Waals surface area contributed by atoms with Crippen LogP contribution in [-0.4, -0.2) is 46.9 Å². The molecule has 0 radical (unpaired) electrons. The number of benzene rings is 1. The van der Waals surface area contributed by atoms with Gasteiger partial charge in [-0.25, -0.2) is 0 Å². The van der Waals surface area contributed by atoms with E-state index >= 15 is 0 Å². The molecule has 1 aliphatic rings. The normalized spacial score (nSPS) is 14.1. The van der Waals surface area contributed by atoms with Crippen LogP contribution >= 0.6 is 0 Å². The smallest absolute Gasteiger partial charge is 0.346 e. The van der Waals surface area contributed by atoms with Crippen LogP contribution in [0, 0.1) is 0 Å². The van der Waals surface area contributed by atoms with Crippen LogP contribution in [0.4, 0.5) is 5.69 Å². The maximum Gasteiger partial charge on any atom is 0.346 e. The summed E-state index contributed by atoms with van der Waals surface area (Å²) in [6.07, 6.45) is 3.43. The minimum atomic E-state index is -0.404. The number of rotatable bonds is 3. The van der Waals surface area contributed by atoms with Gasteiger partial charge in [-0.15, -0.1) is 0 Å². The molecule has 2 aromatic heterocycles. The summed E-state index contributed by atoms with van der Waals surface area (Å²) in [7, 11) is 0. The molecule has 1 fully saturated rings. The minimum absolute atomic E-state index is 0.0525. The molecule has 1 aliphatic heterocycles. The van der Waals surface area contributed by atoms with Crippen molar-refractivity contribution in [3.8, 4) is 11.4 Å². The number of nitrogens with two attached hydrogens (primary N) is 1. The summed E-state index contributed by atoms with van der Waals surface area (Å²) in [5.74, 6) is -0.316. The van der Waals surface area contributed by atoms with Crippen LogP contribution in [0.25, 0.3) is 11.4 Å². The van der Waals surface area contributed by atoms with Gasteiger partial charge in [-0.1, -0.05) is 24.3 Å². The van der Waals surface area contributed by atoms with Gasteiger partial charge < -0.3 is 15.4 Å². The average molecular weight is 378 g/mol. The fourth-order valence-electron chi connectivity index (χ4n) is 3.14. The van der Waals surface area contributed by atoms with Crippen LogP contribution in [0.5, 0.6) is 0 Å². The number of para-hydroxylation sites is 1. The lowest BCUT2D eigenvalue weighted by Gasteiger charge is -2.26. The lowest BCUT2D eigenvalue weighted by atomic mass is 10.2. The minimum Gasteiger partial charge on any atom is -0.391 e. The van der Waals surface area contributed by atoms with Crippen LogP contribution in [0.1, 0.15) is 10.5 Å². The largest absolute Gasteiger partial charge is 0.391 e. The average Bonchev–Trinajstić information content (AvgIpc) is 2.75. The molecule has 0 bridgehead atoms. The number of carbonyl (C=O) groups is 1. The number of hydrogen-bond acceptors (Lipinski definition) is 5. The number of morpholine rings is 1. The van der Waals surface area contributed by atoms with Crippen molar-refractivity contribution in [3.63, 3.8) is 0 Å². The second-order valence-corrected chi connectivity index (χ2v) is 6.35. The molecule has 0 unspecified atom stereocenters. The number of hydrogen-bond donors (Lipinski definition) is 1. The first-order valence-electron chi connectivity index (χ1n) is 8.99. The fourth-order valence-corrected chi connectivity index (χ4v) is 3.14. The van der Waals surface area contributed by atoms with Crippen molar-refractivity contribution in [1.82, 2.24) is 14.7 Å². The SMILES string of the molecule is Nc1c(C(=O)N2CCOCC2)nn(-c2ccccc2)c(=O)c1-[n+]1ccccc1. The molecule has 1 aromatic carbocycles. The summed E-state index contributed by atoms with van der Waals surface area (Å²) in [5, 5.41) is 4.34. The number of pyridine rings is 1. The van der Waals surface area contributed by atoms with E-state index in [1.165, 1.54) is 4.68 Å². The van der Waals surface area contributed by atoms with Crippen molar-refractivity contribution in [2.75, 3.05) is 32.0 Å². The predicted octanol–water partition coefficient (Wildman–Crippen LogP) is 0.564. The van der Waals surface area contributed by atoms with Crippen LogP contribution in [0.2, 0.25) is 0 Å². The lowest BCUT2D eigenvalue weighted by Crippen LogP contribution is -2.45. The molecule has 8 nitrogen and oxygen atoms in total. The molecule has 4 rings (SSSR count). The van der Waals surface area contributed by atoms with Gasteiger partial charge in [-0.3, -0.25) is 9.59 Å². The molecule has 0 spiro atoms. The van der Waals surface area contributed by atoms with Crippen molar-refractivity contribution < 1.29 is 14.1 Å². The molecule has 1 saturated heterocycles. The standard InChI is InChI=1S/C20H19N5O3/c21-16-17(19(26)24-11-13-28-14-12-24)22-25(15-7-3-1-4-8-15)20(27)18(16)23-9-5-2-6-10-23/h1-10H,11-14H2,(H-,21,27)/p+1. The van der Waals surface area contributed by atoms with Gasteiger partial charge in [0.2, 0.25) is 0 Å². The Bertz CT molecular complexity index is 1040. The first kappa shape index (κ1) is 17.9. The number of ether oxygens (including phenoxy) is 1. The van der Waals surface area contributed by atoms with Crippen LogP contribution in [-0.2, 0) is 4.74 Å². The zero-order chi connectivity index (χ0) is 19.5. The third-order valence-corrected chi connectivity index (χ3v) is 4.58. The van der Waals surface area contributed by atoms with E-state index < -0.39 is 5.56 Å². The zero-order valence-electron chi connectivity index (χ0n) is 15.2. The Morgan fingerprint density at radius 3 is 2.36 bits per heavy atom. The van der Waals surface area contributed by atoms with Crippen molar-refractivity contribution in [3.05, 3.63) is 77.0 Å². The van der Waals surface area contributed by atoms with Crippen molar-refractivity contribution in [2.24, 2.45) is 0 Å². The van der Waals surface area contributed by atoms with E-state index in [0.717, 1.165) is 0 Å². The van der Waals surface area contributed by atoms with E-state index in [-0.39, 0.29) is 23.0 Å². The molecule has 8 heteroatoms. The van der Waals surface area contributed by atoms with Crippen molar-refractivity contribution in [1.29, 1.82) is 0 Å². The number of nitrogen functional groups attached to an aromatic ring is 1. The molecule has 0 atom stereocenters. The summed E-state index contributed by atoms with van der Waals surface area (Å²) >= 11 is 0. The Morgan fingerprint density at radius 2 is 1.68 bits per heavy atom. The van der Waals surface area contributed by atoms with Gasteiger partial charge in [-0.05, 0) is 12.1 Å². The van der Waals surface area contributed by atoms with Gasteiger partial charge in [0, 0.05) is 25.2 Å². The first-order valence-corrected chi connectivity index (χ1v) is 8.99. The number of nitrogens with zero attached hydrogens (tertiary/aromatic N) is 4. The number of carbonyl (C=O) groups excluding carboxylic acids is 1. The van der Waals surface area contributed by atoms with Gasteiger partial charge in [0.1, 0.15) is 5.69 Å². The summed E-state index contributed by atoms with van der Waals surface area (Å²) in [4.78, 5) is 27.9. The number of aromatic nitrogens is 3. The third-order valence-electron chi connectivity index (χ3n) is 4.58. The Morgan fingerprint density at radius 1 is 1.04 bits per heavy atom. The summed E-state index contributed by atoms with van der Waals surface area (Å²) < 4.78 is 8.14. The molecule has 142 valence electrons. The Balaban J connectivity index is 1.93. The Labute approximate surface area is 161 Å². The van der Waals surface area contributed by atoms with E-state index in [0.29, 0.717) is 32.0 Å². The molecular weight excluding hydrogens is 358 g/mol. The Hall–Kier alpha value is -3.52. The van der Waals surface area contributed by atoms with E-state index in [1.54, 1.807) is 58.3 Å². The maximum absolute atomic E-state index is 13.2. The summed E-state index contributed by atoms with van der Waals surface area (Å²) in [6, 6.07) is 14.4. The van der Waals surface area contributed by atoms with Crippen LogP contribution < -0.4 is 15.9 Å². The van der Waals surface area contributed by atoms with Crippen LogP contribution in [0.15, 0.2) is 65.7 Å². The van der Waals surface area contributed by atoms with Gasteiger partial charge in [0.05, 0.1) is 18.9 Å². The molecule has 0 aliphatic carbocycles. The van der Waals surface area contributed by atoms with Gasteiger partial charge in [0.25, 0.3) is 5.91 Å². The quantitative estimate of drug-likeness (QED) is 0.672. The van der Waals surface area contributed by atoms with Gasteiger partial charge in [0.15, 0.2) is 18.1 Å². The van der Waals surface area contributed by atoms with Gasteiger partial charge in [-0.2, -0.15) is 14.3 Å². The van der Waals surface area contributed by atoms with Gasteiger partial charge >= 0.3 is 11.2 Å². The van der Waals surface area contributed by atoms with E-state index in [2.05, 4.69) is 5.10 Å². The highest BCUT2D eigenvalue weighted by Gasteiger charge is 2.30. The molecule has 2 N–H and O–H groups in total. The maximum atomic E-state index is 13.2. The zero-order valence-corrected chi connectivity index (χ0v) is 15.2. The number of anilines is 1. The topological polar surface area (TPSA) is 94.3 Å². The Kier molecular flexibility index (Phi) is 4.86. The van der Waals surface area contributed by atoms with E-state index in [1.807, 2.05) is 12.1 Å². The summed E-state index contributed by atoms with van der Waals surface area (Å²) in [5.41, 5.74) is 6.75. The second kappa shape index (κ2) is 7.61. The van der Waals surface area contributed by atoms with E-state index in [9.17, 15) is 9.59 Å². The first-order chi connectivity index (χ1) is 13.7. The molecule has 3 aromatic rings. The van der Waals surface area contributed by atoms with E-state index in [4.69, 9.17) is 10.5 Å². The number of amides is 1. The monoisotopic (exact) mass is 378 g/mol. The fraction of sp³-hybridized carbons (Fsp3) is 0.200. The third kappa shape index (κ3) is 3.25. The molecular formula is C20H20N5O3+.